The second-order valence-electron chi connectivity index (χ2n) is 5.50. The highest BCUT2D eigenvalue weighted by Crippen LogP contribution is 2.14. The molecule has 0 bridgehead atoms. The van der Waals surface area contributed by atoms with Crippen molar-refractivity contribution in [1.82, 2.24) is 19.7 Å². The smallest absolute Gasteiger partial charge is 0.211 e. The van der Waals surface area contributed by atoms with E-state index in [4.69, 9.17) is 0 Å². The fourth-order valence-electron chi connectivity index (χ4n) is 2.20. The van der Waals surface area contributed by atoms with Crippen molar-refractivity contribution in [2.45, 2.75) is 0 Å². The number of aromatic nitrogens is 3. The van der Waals surface area contributed by atoms with Crippen LogP contribution in [0.3, 0.4) is 0 Å². The molecule has 3 aromatic rings. The Morgan fingerprint density at radius 2 is 2.00 bits per heavy atom. The number of carbonyl (C=O) groups excluding carboxylic acids is 1. The largest absolute Gasteiger partial charge is 0.383 e. The molecule has 0 unspecified atom stereocenters. The molecule has 2 aromatic heterocycles. The van der Waals surface area contributed by atoms with Crippen LogP contribution in [0.1, 0.15) is 10.5 Å². The first-order chi connectivity index (χ1) is 11.5. The molecule has 0 N–H and O–H groups in total. The van der Waals surface area contributed by atoms with Crippen molar-refractivity contribution in [3.63, 3.8) is 0 Å². The van der Waals surface area contributed by atoms with Crippen molar-refractivity contribution >= 4 is 16.7 Å². The third kappa shape index (κ3) is 3.22. The minimum absolute atomic E-state index is 0.122. The SMILES string of the molecule is CN(C)C=CC(=O)c1nn(-c2cnc3ccccc3c2)ccc1=O. The van der Waals surface area contributed by atoms with Gasteiger partial charge in [0.1, 0.15) is 0 Å². The number of benzene rings is 1. The van der Waals surface area contributed by atoms with Gasteiger partial charge in [-0.1, -0.05) is 18.2 Å². The van der Waals surface area contributed by atoms with Crippen LogP contribution in [0.5, 0.6) is 0 Å². The van der Waals surface area contributed by atoms with Crippen molar-refractivity contribution in [3.8, 4) is 5.69 Å². The molecular formula is C18H16N4O2. The van der Waals surface area contributed by atoms with Crippen LogP contribution in [0.25, 0.3) is 16.6 Å². The van der Waals surface area contributed by atoms with Gasteiger partial charge in [0.25, 0.3) is 0 Å². The van der Waals surface area contributed by atoms with Gasteiger partial charge >= 0.3 is 0 Å². The van der Waals surface area contributed by atoms with Gasteiger partial charge in [-0.15, -0.1) is 0 Å². The lowest BCUT2D eigenvalue weighted by molar-refractivity contribution is 0.103. The van der Waals surface area contributed by atoms with E-state index in [-0.39, 0.29) is 5.69 Å². The van der Waals surface area contributed by atoms with E-state index in [2.05, 4.69) is 10.1 Å². The molecule has 0 amide bonds. The van der Waals surface area contributed by atoms with Gasteiger partial charge in [0.15, 0.2) is 5.69 Å². The lowest BCUT2D eigenvalue weighted by Crippen LogP contribution is -2.20. The summed E-state index contributed by atoms with van der Waals surface area (Å²) in [6, 6.07) is 10.9. The van der Waals surface area contributed by atoms with E-state index in [1.54, 1.807) is 31.4 Å². The fourth-order valence-corrected chi connectivity index (χ4v) is 2.20. The third-order valence-electron chi connectivity index (χ3n) is 3.41. The minimum Gasteiger partial charge on any atom is -0.383 e. The zero-order chi connectivity index (χ0) is 17.1. The summed E-state index contributed by atoms with van der Waals surface area (Å²) in [5, 5.41) is 5.13. The number of fused-ring (bicyclic) bond motifs is 1. The zero-order valence-corrected chi connectivity index (χ0v) is 13.4. The van der Waals surface area contributed by atoms with Gasteiger partial charge in [-0.3, -0.25) is 14.6 Å². The number of nitrogens with zero attached hydrogens (tertiary/aromatic N) is 4. The minimum atomic E-state index is -0.434. The fraction of sp³-hybridized carbons (Fsp3) is 0.111. The van der Waals surface area contributed by atoms with Gasteiger partial charge in [-0.25, -0.2) is 4.68 Å². The summed E-state index contributed by atoms with van der Waals surface area (Å²) in [6.07, 6.45) is 6.09. The molecule has 1 aromatic carbocycles. The average Bonchev–Trinajstić information content (AvgIpc) is 2.59. The Bertz CT molecular complexity index is 989. The van der Waals surface area contributed by atoms with E-state index in [0.29, 0.717) is 5.69 Å². The first kappa shape index (κ1) is 15.6. The quantitative estimate of drug-likeness (QED) is 0.543. The maximum Gasteiger partial charge on any atom is 0.211 e. The Hall–Kier alpha value is -3.28. The molecule has 0 spiro atoms. The highest BCUT2D eigenvalue weighted by Gasteiger charge is 2.11. The normalized spacial score (nSPS) is 11.1. The Balaban J connectivity index is 2.03. The van der Waals surface area contributed by atoms with Crippen molar-refractivity contribution in [2.24, 2.45) is 0 Å². The van der Waals surface area contributed by atoms with Gasteiger partial charge < -0.3 is 4.90 Å². The molecule has 0 aliphatic carbocycles. The predicted octanol–water partition coefficient (Wildman–Crippen LogP) is 2.04. The summed E-state index contributed by atoms with van der Waals surface area (Å²) >= 11 is 0. The molecular weight excluding hydrogens is 304 g/mol. The Morgan fingerprint density at radius 1 is 1.21 bits per heavy atom. The van der Waals surface area contributed by atoms with Crippen LogP contribution >= 0.6 is 0 Å². The summed E-state index contributed by atoms with van der Waals surface area (Å²) < 4.78 is 1.48. The van der Waals surface area contributed by atoms with E-state index >= 15 is 0 Å². The molecule has 0 saturated heterocycles. The van der Waals surface area contributed by atoms with E-state index in [9.17, 15) is 9.59 Å². The van der Waals surface area contributed by atoms with Crippen molar-refractivity contribution in [2.75, 3.05) is 14.1 Å². The molecule has 120 valence electrons. The number of hydrogen-bond donors (Lipinski definition) is 0. The number of carbonyl (C=O) groups is 1. The topological polar surface area (TPSA) is 68.1 Å². The second kappa shape index (κ2) is 6.45. The van der Waals surface area contributed by atoms with Crippen LogP contribution in [0.4, 0.5) is 0 Å². The number of ketones is 1. The molecule has 0 fully saturated rings. The molecule has 3 rings (SSSR count). The zero-order valence-electron chi connectivity index (χ0n) is 13.4. The Kier molecular flexibility index (Phi) is 4.20. The van der Waals surface area contributed by atoms with Gasteiger partial charge in [-0.05, 0) is 12.1 Å². The number of rotatable bonds is 4. The van der Waals surface area contributed by atoms with Gasteiger partial charge in [0.2, 0.25) is 11.2 Å². The maximum atomic E-state index is 12.2. The lowest BCUT2D eigenvalue weighted by Gasteiger charge is -2.07. The van der Waals surface area contributed by atoms with Crippen molar-refractivity contribution in [3.05, 3.63) is 77.0 Å². The first-order valence-corrected chi connectivity index (χ1v) is 7.39. The molecule has 0 atom stereocenters. The molecule has 2 heterocycles. The Labute approximate surface area is 138 Å². The van der Waals surface area contributed by atoms with E-state index < -0.39 is 11.2 Å². The monoisotopic (exact) mass is 320 g/mol. The highest BCUT2D eigenvalue weighted by molar-refractivity contribution is 6.02. The first-order valence-electron chi connectivity index (χ1n) is 7.39. The summed E-state index contributed by atoms with van der Waals surface area (Å²) in [5.41, 5.74) is 1.02. The summed E-state index contributed by atoms with van der Waals surface area (Å²) in [4.78, 5) is 30.2. The average molecular weight is 320 g/mol. The van der Waals surface area contributed by atoms with Crippen LogP contribution < -0.4 is 5.43 Å². The highest BCUT2D eigenvalue weighted by atomic mass is 16.1. The Morgan fingerprint density at radius 3 is 2.79 bits per heavy atom. The third-order valence-corrected chi connectivity index (χ3v) is 3.41. The molecule has 0 aliphatic rings. The van der Waals surface area contributed by atoms with Crippen molar-refractivity contribution in [1.29, 1.82) is 0 Å². The number of para-hydroxylation sites is 1. The second-order valence-corrected chi connectivity index (χ2v) is 5.50. The predicted molar refractivity (Wildman–Crippen MR) is 92.3 cm³/mol. The van der Waals surface area contributed by atoms with Crippen LogP contribution in [-0.4, -0.2) is 39.5 Å². The van der Waals surface area contributed by atoms with E-state index in [1.165, 1.54) is 23.0 Å². The van der Waals surface area contributed by atoms with E-state index in [1.807, 2.05) is 30.3 Å². The van der Waals surface area contributed by atoms with Crippen molar-refractivity contribution < 1.29 is 4.79 Å². The van der Waals surface area contributed by atoms with Gasteiger partial charge in [0.05, 0.1) is 17.4 Å². The maximum absolute atomic E-state index is 12.2. The molecule has 0 aliphatic heterocycles. The molecule has 24 heavy (non-hydrogen) atoms. The number of hydrogen-bond acceptors (Lipinski definition) is 5. The standard InChI is InChI=1S/C18H16N4O2/c1-21(2)9-7-16(23)18-17(24)8-10-22(20-18)14-11-13-5-3-4-6-15(13)19-12-14/h3-12H,1-2H3. The molecule has 0 saturated carbocycles. The molecule has 0 radical (unpaired) electrons. The molecule has 6 heteroatoms. The number of allylic oxidation sites excluding steroid dienone is 1. The van der Waals surface area contributed by atoms with Gasteiger partial charge in [0, 0.05) is 44.0 Å². The summed E-state index contributed by atoms with van der Waals surface area (Å²) in [6.45, 7) is 0. The number of pyridine rings is 1. The van der Waals surface area contributed by atoms with E-state index in [0.717, 1.165) is 10.9 Å². The lowest BCUT2D eigenvalue weighted by atomic mass is 10.2. The van der Waals surface area contributed by atoms with Gasteiger partial charge in [-0.2, -0.15) is 5.10 Å². The van der Waals surface area contributed by atoms with Crippen LogP contribution in [0, 0.1) is 0 Å². The summed E-state index contributed by atoms with van der Waals surface area (Å²) in [7, 11) is 3.59. The van der Waals surface area contributed by atoms with Crippen LogP contribution in [-0.2, 0) is 0 Å². The van der Waals surface area contributed by atoms with Crippen LogP contribution in [0.15, 0.2) is 65.9 Å². The molecule has 6 nitrogen and oxygen atoms in total. The summed E-state index contributed by atoms with van der Waals surface area (Å²) in [5.74, 6) is -0.434. The van der Waals surface area contributed by atoms with Crippen LogP contribution in [0.2, 0.25) is 0 Å².